The lowest BCUT2D eigenvalue weighted by molar-refractivity contribution is 0.512. The lowest BCUT2D eigenvalue weighted by atomic mass is 10.2. The Morgan fingerprint density at radius 2 is 2.00 bits per heavy atom. The van der Waals surface area contributed by atoms with Crippen molar-refractivity contribution < 1.29 is 4.42 Å². The fourth-order valence-corrected chi connectivity index (χ4v) is 1.27. The monoisotopic (exact) mass is 203 g/mol. The highest BCUT2D eigenvalue weighted by Gasteiger charge is 2.06. The van der Waals surface area contributed by atoms with Crippen molar-refractivity contribution in [3.8, 4) is 11.5 Å². The molecule has 0 aliphatic rings. The Labute approximate surface area is 88.4 Å². The molecule has 0 N–H and O–H groups in total. The van der Waals surface area contributed by atoms with Crippen LogP contribution in [-0.2, 0) is 12.8 Å². The molecule has 0 spiro atoms. The quantitative estimate of drug-likeness (QED) is 0.767. The maximum Gasteiger partial charge on any atom is 0.249 e. The van der Waals surface area contributed by atoms with Crippen LogP contribution in [-0.4, -0.2) is 15.2 Å². The summed E-state index contributed by atoms with van der Waals surface area (Å²) in [5, 5.41) is 7.87. The Morgan fingerprint density at radius 3 is 2.53 bits per heavy atom. The first-order valence-corrected chi connectivity index (χ1v) is 5.11. The molecule has 0 fully saturated rings. The van der Waals surface area contributed by atoms with Crippen LogP contribution < -0.4 is 0 Å². The van der Waals surface area contributed by atoms with Gasteiger partial charge in [0.25, 0.3) is 0 Å². The van der Waals surface area contributed by atoms with E-state index in [9.17, 15) is 0 Å². The third-order valence-corrected chi connectivity index (χ3v) is 2.20. The molecule has 0 unspecified atom stereocenters. The molecule has 78 valence electrons. The maximum absolute atomic E-state index is 5.43. The second kappa shape index (κ2) is 4.21. The normalized spacial score (nSPS) is 10.5. The maximum atomic E-state index is 5.43. The van der Waals surface area contributed by atoms with Crippen LogP contribution in [0.1, 0.15) is 25.4 Å². The molecule has 0 aliphatic heterocycles. The SMILES string of the molecule is CCc1ccc(-c2nnc(CC)o2)cn1. The summed E-state index contributed by atoms with van der Waals surface area (Å²) in [6.45, 7) is 4.06. The molecule has 2 rings (SSSR count). The molecular weight excluding hydrogens is 190 g/mol. The molecule has 0 atom stereocenters. The largest absolute Gasteiger partial charge is 0.421 e. The van der Waals surface area contributed by atoms with E-state index in [0.29, 0.717) is 11.8 Å². The van der Waals surface area contributed by atoms with E-state index in [0.717, 1.165) is 24.1 Å². The van der Waals surface area contributed by atoms with Crippen LogP contribution >= 0.6 is 0 Å². The van der Waals surface area contributed by atoms with Crippen molar-refractivity contribution in [2.24, 2.45) is 0 Å². The summed E-state index contributed by atoms with van der Waals surface area (Å²) in [5.41, 5.74) is 1.94. The summed E-state index contributed by atoms with van der Waals surface area (Å²) in [6.07, 6.45) is 3.46. The van der Waals surface area contributed by atoms with Crippen molar-refractivity contribution >= 4 is 0 Å². The highest BCUT2D eigenvalue weighted by molar-refractivity contribution is 5.50. The van der Waals surface area contributed by atoms with E-state index >= 15 is 0 Å². The van der Waals surface area contributed by atoms with E-state index in [1.807, 2.05) is 19.1 Å². The molecule has 2 aromatic heterocycles. The molecule has 0 aliphatic carbocycles. The molecule has 4 heteroatoms. The fraction of sp³-hybridized carbons (Fsp3) is 0.364. The average Bonchev–Trinajstić information content (AvgIpc) is 2.78. The number of aryl methyl sites for hydroxylation is 2. The van der Waals surface area contributed by atoms with E-state index < -0.39 is 0 Å². The van der Waals surface area contributed by atoms with Gasteiger partial charge in [-0.3, -0.25) is 4.98 Å². The standard InChI is InChI=1S/C11H13N3O/c1-3-9-6-5-8(7-12-9)11-14-13-10(4-2)15-11/h5-7H,3-4H2,1-2H3. The zero-order valence-corrected chi connectivity index (χ0v) is 8.90. The molecule has 4 nitrogen and oxygen atoms in total. The lowest BCUT2D eigenvalue weighted by Crippen LogP contribution is -1.86. The van der Waals surface area contributed by atoms with Gasteiger partial charge in [-0.15, -0.1) is 10.2 Å². The molecule has 0 bridgehead atoms. The Morgan fingerprint density at radius 1 is 1.13 bits per heavy atom. The van der Waals surface area contributed by atoms with Crippen molar-refractivity contribution in [2.45, 2.75) is 26.7 Å². The topological polar surface area (TPSA) is 51.8 Å². The molecule has 2 aromatic rings. The summed E-state index contributed by atoms with van der Waals surface area (Å²) >= 11 is 0. The van der Waals surface area contributed by atoms with Gasteiger partial charge in [0.2, 0.25) is 11.8 Å². The molecule has 2 heterocycles. The van der Waals surface area contributed by atoms with Crippen LogP contribution in [0, 0.1) is 0 Å². The van der Waals surface area contributed by atoms with Crippen LogP contribution in [0.5, 0.6) is 0 Å². The second-order valence-corrected chi connectivity index (χ2v) is 3.25. The van der Waals surface area contributed by atoms with Crippen molar-refractivity contribution in [1.29, 1.82) is 0 Å². The number of hydrogen-bond acceptors (Lipinski definition) is 4. The predicted molar refractivity (Wildman–Crippen MR) is 56.3 cm³/mol. The van der Waals surface area contributed by atoms with Crippen LogP contribution in [0.25, 0.3) is 11.5 Å². The third-order valence-electron chi connectivity index (χ3n) is 2.20. The van der Waals surface area contributed by atoms with E-state index in [-0.39, 0.29) is 0 Å². The average molecular weight is 203 g/mol. The van der Waals surface area contributed by atoms with Crippen molar-refractivity contribution in [3.05, 3.63) is 29.9 Å². The summed E-state index contributed by atoms with van der Waals surface area (Å²) in [5.74, 6) is 1.20. The van der Waals surface area contributed by atoms with Gasteiger partial charge in [0, 0.05) is 18.3 Å². The fourth-order valence-electron chi connectivity index (χ4n) is 1.27. The molecular formula is C11H13N3O. The molecule has 0 saturated carbocycles. The zero-order valence-electron chi connectivity index (χ0n) is 8.90. The van der Waals surface area contributed by atoms with Gasteiger partial charge in [-0.2, -0.15) is 0 Å². The van der Waals surface area contributed by atoms with Crippen LogP contribution in [0.4, 0.5) is 0 Å². The Hall–Kier alpha value is -1.71. The second-order valence-electron chi connectivity index (χ2n) is 3.25. The van der Waals surface area contributed by atoms with Gasteiger partial charge in [-0.1, -0.05) is 13.8 Å². The minimum atomic E-state index is 0.544. The van der Waals surface area contributed by atoms with Gasteiger partial charge >= 0.3 is 0 Å². The van der Waals surface area contributed by atoms with E-state index in [2.05, 4.69) is 22.1 Å². The van der Waals surface area contributed by atoms with Gasteiger partial charge in [-0.25, -0.2) is 0 Å². The number of aromatic nitrogens is 3. The smallest absolute Gasteiger partial charge is 0.249 e. The molecule has 15 heavy (non-hydrogen) atoms. The molecule has 0 aromatic carbocycles. The molecule has 0 saturated heterocycles. The van der Waals surface area contributed by atoms with Crippen LogP contribution in [0.15, 0.2) is 22.7 Å². The molecule has 0 amide bonds. The minimum Gasteiger partial charge on any atom is -0.421 e. The first kappa shape index (κ1) is 9.83. The Kier molecular flexibility index (Phi) is 2.76. The summed E-state index contributed by atoms with van der Waals surface area (Å²) in [6, 6.07) is 3.93. The van der Waals surface area contributed by atoms with E-state index in [1.54, 1.807) is 6.20 Å². The third kappa shape index (κ3) is 2.03. The number of nitrogens with zero attached hydrogens (tertiary/aromatic N) is 3. The van der Waals surface area contributed by atoms with Crippen molar-refractivity contribution in [3.63, 3.8) is 0 Å². The predicted octanol–water partition coefficient (Wildman–Crippen LogP) is 2.26. The highest BCUT2D eigenvalue weighted by Crippen LogP contribution is 2.16. The van der Waals surface area contributed by atoms with Crippen molar-refractivity contribution in [1.82, 2.24) is 15.2 Å². The van der Waals surface area contributed by atoms with Crippen LogP contribution in [0.3, 0.4) is 0 Å². The van der Waals surface area contributed by atoms with Gasteiger partial charge in [0.1, 0.15) is 0 Å². The first-order valence-electron chi connectivity index (χ1n) is 5.11. The van der Waals surface area contributed by atoms with Gasteiger partial charge in [0.15, 0.2) is 0 Å². The zero-order chi connectivity index (χ0) is 10.7. The summed E-state index contributed by atoms with van der Waals surface area (Å²) in [7, 11) is 0. The van der Waals surface area contributed by atoms with Gasteiger partial charge < -0.3 is 4.42 Å². The first-order chi connectivity index (χ1) is 7.33. The number of pyridine rings is 1. The highest BCUT2D eigenvalue weighted by atomic mass is 16.4. The Balaban J connectivity index is 2.28. The van der Waals surface area contributed by atoms with Crippen LogP contribution in [0.2, 0.25) is 0 Å². The summed E-state index contributed by atoms with van der Waals surface area (Å²) < 4.78 is 5.43. The van der Waals surface area contributed by atoms with Gasteiger partial charge in [-0.05, 0) is 18.6 Å². The van der Waals surface area contributed by atoms with Crippen molar-refractivity contribution in [2.75, 3.05) is 0 Å². The minimum absolute atomic E-state index is 0.544. The number of hydrogen-bond donors (Lipinski definition) is 0. The lowest BCUT2D eigenvalue weighted by Gasteiger charge is -1.96. The van der Waals surface area contributed by atoms with E-state index in [1.165, 1.54) is 0 Å². The molecule has 0 radical (unpaired) electrons. The van der Waals surface area contributed by atoms with Gasteiger partial charge in [0.05, 0.1) is 5.56 Å². The number of rotatable bonds is 3. The summed E-state index contributed by atoms with van der Waals surface area (Å²) in [4.78, 5) is 4.28. The Bertz CT molecular complexity index is 433. The van der Waals surface area contributed by atoms with E-state index in [4.69, 9.17) is 4.42 Å².